The van der Waals surface area contributed by atoms with Gasteiger partial charge in [0, 0.05) is 24.5 Å². The summed E-state index contributed by atoms with van der Waals surface area (Å²) >= 11 is 1.21. The second-order valence-electron chi connectivity index (χ2n) is 10.0. The van der Waals surface area contributed by atoms with Crippen LogP contribution in [0, 0.1) is 6.92 Å². The standard InChI is InChI=1S/C27H32N4O3S/c1-17(28-16-21(32)22-12-13-23(35-22)25(33)30-14-6-7-15-30)24-18(2)29-31(26(24)34)20-10-8-19(9-11-20)27(3,4)5/h8-13,29H,6-7,14-16H2,1-5H3. The number of amides is 1. The number of thiophene rings is 1. The fourth-order valence-electron chi connectivity index (χ4n) is 4.29. The van der Waals surface area contributed by atoms with E-state index in [1.54, 1.807) is 19.1 Å². The summed E-state index contributed by atoms with van der Waals surface area (Å²) < 4.78 is 1.51. The number of aliphatic imine (C=N–C) groups is 1. The van der Waals surface area contributed by atoms with Crippen molar-refractivity contribution in [1.82, 2.24) is 14.7 Å². The van der Waals surface area contributed by atoms with Gasteiger partial charge in [-0.2, -0.15) is 0 Å². The summed E-state index contributed by atoms with van der Waals surface area (Å²) in [5.74, 6) is -0.175. The monoisotopic (exact) mass is 492 g/mol. The second kappa shape index (κ2) is 9.77. The van der Waals surface area contributed by atoms with E-state index in [-0.39, 0.29) is 29.2 Å². The quantitative estimate of drug-likeness (QED) is 0.397. The van der Waals surface area contributed by atoms with Gasteiger partial charge < -0.3 is 4.90 Å². The minimum Gasteiger partial charge on any atom is -0.338 e. The Kier molecular flexibility index (Phi) is 6.94. The van der Waals surface area contributed by atoms with E-state index in [2.05, 4.69) is 30.9 Å². The first kappa shape index (κ1) is 24.9. The zero-order valence-electron chi connectivity index (χ0n) is 21.0. The Balaban J connectivity index is 1.49. The zero-order chi connectivity index (χ0) is 25.3. The topological polar surface area (TPSA) is 87.5 Å². The largest absolute Gasteiger partial charge is 0.338 e. The van der Waals surface area contributed by atoms with Gasteiger partial charge in [0.05, 0.1) is 21.0 Å². The number of carbonyl (C=O) groups excluding carboxylic acids is 2. The third-order valence-electron chi connectivity index (χ3n) is 6.37. The number of hydrogen-bond donors (Lipinski definition) is 1. The number of aryl methyl sites for hydroxylation is 1. The number of aromatic nitrogens is 2. The fourth-order valence-corrected chi connectivity index (χ4v) is 5.19. The van der Waals surface area contributed by atoms with Crippen molar-refractivity contribution in [2.45, 2.75) is 52.9 Å². The molecule has 1 aromatic carbocycles. The van der Waals surface area contributed by atoms with Crippen molar-refractivity contribution in [2.24, 2.45) is 4.99 Å². The van der Waals surface area contributed by atoms with Crippen molar-refractivity contribution >= 4 is 28.7 Å². The summed E-state index contributed by atoms with van der Waals surface area (Å²) in [6.07, 6.45) is 2.05. The van der Waals surface area contributed by atoms with Crippen molar-refractivity contribution in [3.05, 3.63) is 73.3 Å². The van der Waals surface area contributed by atoms with Gasteiger partial charge in [-0.05, 0) is 61.9 Å². The van der Waals surface area contributed by atoms with Crippen LogP contribution < -0.4 is 5.56 Å². The van der Waals surface area contributed by atoms with Gasteiger partial charge in [-0.15, -0.1) is 11.3 Å². The molecule has 0 radical (unpaired) electrons. The highest BCUT2D eigenvalue weighted by molar-refractivity contribution is 7.16. The molecule has 0 unspecified atom stereocenters. The van der Waals surface area contributed by atoms with Crippen LogP contribution in [0.2, 0.25) is 0 Å². The molecule has 0 spiro atoms. The number of carbonyl (C=O) groups is 2. The van der Waals surface area contributed by atoms with E-state index in [0.29, 0.717) is 26.7 Å². The van der Waals surface area contributed by atoms with E-state index in [1.165, 1.54) is 21.6 Å². The first-order valence-corrected chi connectivity index (χ1v) is 12.7. The normalized spacial score (nSPS) is 14.5. The predicted octanol–water partition coefficient (Wildman–Crippen LogP) is 4.76. The van der Waals surface area contributed by atoms with Gasteiger partial charge in [0.2, 0.25) is 0 Å². The molecule has 1 aliphatic heterocycles. The Bertz CT molecular complexity index is 1330. The van der Waals surface area contributed by atoms with Crippen molar-refractivity contribution in [3.8, 4) is 5.69 Å². The molecular weight excluding hydrogens is 460 g/mol. The zero-order valence-corrected chi connectivity index (χ0v) is 21.8. The summed E-state index contributed by atoms with van der Waals surface area (Å²) in [7, 11) is 0. The fraction of sp³-hybridized carbons (Fsp3) is 0.407. The molecule has 1 aliphatic rings. The second-order valence-corrected chi connectivity index (χ2v) is 11.1. The molecule has 1 fully saturated rings. The smallest absolute Gasteiger partial charge is 0.280 e. The summed E-state index contributed by atoms with van der Waals surface area (Å²) in [4.78, 5) is 45.8. The molecule has 8 heteroatoms. The summed E-state index contributed by atoms with van der Waals surface area (Å²) in [5, 5.41) is 3.13. The lowest BCUT2D eigenvalue weighted by Gasteiger charge is -2.19. The molecule has 7 nitrogen and oxygen atoms in total. The van der Waals surface area contributed by atoms with Crippen molar-refractivity contribution in [2.75, 3.05) is 19.6 Å². The van der Waals surface area contributed by atoms with E-state index in [0.717, 1.165) is 31.6 Å². The molecule has 3 aromatic rings. The maximum Gasteiger partial charge on any atom is 0.280 e. The van der Waals surface area contributed by atoms with Crippen LogP contribution in [-0.2, 0) is 5.41 Å². The molecule has 4 rings (SSSR count). The number of benzene rings is 1. The molecule has 2 aromatic heterocycles. The third kappa shape index (κ3) is 5.22. The predicted molar refractivity (Wildman–Crippen MR) is 141 cm³/mol. The Morgan fingerprint density at radius 1 is 1.03 bits per heavy atom. The van der Waals surface area contributed by atoms with Crippen LogP contribution >= 0.6 is 11.3 Å². The first-order chi connectivity index (χ1) is 16.6. The summed E-state index contributed by atoms with van der Waals surface area (Å²) in [6.45, 7) is 11.5. The Morgan fingerprint density at radius 3 is 2.29 bits per heavy atom. The van der Waals surface area contributed by atoms with Gasteiger partial charge in [-0.1, -0.05) is 32.9 Å². The number of Topliss-reactive ketones (excluding diaryl/α,β-unsaturated/α-hetero) is 1. The lowest BCUT2D eigenvalue weighted by atomic mass is 9.87. The van der Waals surface area contributed by atoms with Crippen LogP contribution in [0.3, 0.4) is 0 Å². The van der Waals surface area contributed by atoms with Crippen LogP contribution in [0.4, 0.5) is 0 Å². The van der Waals surface area contributed by atoms with Crippen LogP contribution in [0.5, 0.6) is 0 Å². The molecule has 1 amide bonds. The highest BCUT2D eigenvalue weighted by Gasteiger charge is 2.22. The molecule has 184 valence electrons. The van der Waals surface area contributed by atoms with Gasteiger partial charge >= 0.3 is 0 Å². The SMILES string of the molecule is CC(=NCC(=O)c1ccc(C(=O)N2CCCC2)s1)c1c(C)[nH]n(-c2ccc(C(C)(C)C)cc2)c1=O. The first-order valence-electron chi connectivity index (χ1n) is 11.9. The van der Waals surface area contributed by atoms with Crippen LogP contribution in [0.1, 0.15) is 76.7 Å². The molecule has 3 heterocycles. The number of likely N-dealkylation sites (tertiary alicyclic amines) is 1. The number of hydrogen-bond acceptors (Lipinski definition) is 5. The molecule has 1 saturated heterocycles. The highest BCUT2D eigenvalue weighted by atomic mass is 32.1. The van der Waals surface area contributed by atoms with Crippen LogP contribution in [-0.4, -0.2) is 51.7 Å². The molecule has 0 saturated carbocycles. The number of ketones is 1. The van der Waals surface area contributed by atoms with Gasteiger partial charge in [0.15, 0.2) is 5.78 Å². The van der Waals surface area contributed by atoms with E-state index >= 15 is 0 Å². The van der Waals surface area contributed by atoms with Gasteiger partial charge in [0.25, 0.3) is 11.5 Å². The van der Waals surface area contributed by atoms with E-state index in [4.69, 9.17) is 0 Å². The number of nitrogens with one attached hydrogen (secondary N) is 1. The van der Waals surface area contributed by atoms with Crippen molar-refractivity contribution < 1.29 is 9.59 Å². The summed E-state index contributed by atoms with van der Waals surface area (Å²) in [6, 6.07) is 11.3. The maximum atomic E-state index is 13.2. The molecular formula is C27H32N4O3S. The van der Waals surface area contributed by atoms with E-state index < -0.39 is 0 Å². The lowest BCUT2D eigenvalue weighted by Crippen LogP contribution is -2.26. The number of rotatable bonds is 6. The lowest BCUT2D eigenvalue weighted by molar-refractivity contribution is 0.0797. The molecule has 1 N–H and O–H groups in total. The molecule has 35 heavy (non-hydrogen) atoms. The Labute approximate surface area is 209 Å². The molecule has 0 aliphatic carbocycles. The maximum absolute atomic E-state index is 13.2. The minimum atomic E-state index is -0.200. The number of aromatic amines is 1. The number of H-pyrrole nitrogens is 1. The summed E-state index contributed by atoms with van der Waals surface area (Å²) in [5.41, 5.74) is 3.43. The Morgan fingerprint density at radius 2 is 1.66 bits per heavy atom. The van der Waals surface area contributed by atoms with Crippen LogP contribution in [0.25, 0.3) is 5.69 Å². The van der Waals surface area contributed by atoms with Gasteiger partial charge in [-0.25, -0.2) is 4.68 Å². The average Bonchev–Trinajstić information content (AvgIpc) is 3.57. The van der Waals surface area contributed by atoms with Gasteiger partial charge in [-0.3, -0.25) is 24.5 Å². The third-order valence-corrected chi connectivity index (χ3v) is 7.48. The van der Waals surface area contributed by atoms with Gasteiger partial charge in [0.1, 0.15) is 6.54 Å². The minimum absolute atomic E-state index is 0.00902. The van der Waals surface area contributed by atoms with Crippen LogP contribution in [0.15, 0.2) is 46.2 Å². The Hall–Kier alpha value is -3.26. The molecule has 0 atom stereocenters. The van der Waals surface area contributed by atoms with E-state index in [9.17, 15) is 14.4 Å². The highest BCUT2D eigenvalue weighted by Crippen LogP contribution is 2.23. The average molecular weight is 493 g/mol. The molecule has 0 bridgehead atoms. The van der Waals surface area contributed by atoms with Crippen molar-refractivity contribution in [3.63, 3.8) is 0 Å². The van der Waals surface area contributed by atoms with Crippen molar-refractivity contribution in [1.29, 1.82) is 0 Å². The number of nitrogens with zero attached hydrogens (tertiary/aromatic N) is 3. The van der Waals surface area contributed by atoms with E-state index in [1.807, 2.05) is 36.1 Å².